The second-order valence-electron chi connectivity index (χ2n) is 5.78. The lowest BCUT2D eigenvalue weighted by molar-refractivity contribution is -0.124. The van der Waals surface area contributed by atoms with Crippen molar-refractivity contribution < 1.29 is 14.4 Å². The van der Waals surface area contributed by atoms with Gasteiger partial charge >= 0.3 is 0 Å². The smallest absolute Gasteiger partial charge is 0.251 e. The summed E-state index contributed by atoms with van der Waals surface area (Å²) >= 11 is 5.77. The molecule has 0 radical (unpaired) electrons. The van der Waals surface area contributed by atoms with Gasteiger partial charge in [-0.3, -0.25) is 14.4 Å². The van der Waals surface area contributed by atoms with Crippen molar-refractivity contribution >= 4 is 35.0 Å². The number of anilines is 1. The number of nitrogens with one attached hydrogen (secondary N) is 3. The number of benzene rings is 2. The van der Waals surface area contributed by atoms with E-state index in [2.05, 4.69) is 16.0 Å². The van der Waals surface area contributed by atoms with Gasteiger partial charge in [0.1, 0.15) is 0 Å². The summed E-state index contributed by atoms with van der Waals surface area (Å²) in [5.74, 6) is -0.912. The Hall–Kier alpha value is -2.86. The lowest BCUT2D eigenvalue weighted by Crippen LogP contribution is -2.39. The third-order valence-electron chi connectivity index (χ3n) is 3.48. The van der Waals surface area contributed by atoms with Crippen LogP contribution in [0.25, 0.3) is 0 Å². The van der Waals surface area contributed by atoms with Gasteiger partial charge in [0.2, 0.25) is 11.8 Å². The molecule has 2 aromatic carbocycles. The summed E-state index contributed by atoms with van der Waals surface area (Å²) in [4.78, 5) is 35.7. The molecule has 0 aromatic heterocycles. The van der Waals surface area contributed by atoms with E-state index in [0.29, 0.717) is 16.3 Å². The Kier molecular flexibility index (Phi) is 7.17. The zero-order chi connectivity index (χ0) is 18.9. The minimum Gasteiger partial charge on any atom is -0.349 e. The first-order valence-corrected chi connectivity index (χ1v) is 8.50. The highest BCUT2D eigenvalue weighted by Gasteiger charge is 2.14. The second-order valence-corrected chi connectivity index (χ2v) is 6.21. The summed E-state index contributed by atoms with van der Waals surface area (Å²) in [5, 5.41) is 8.50. The van der Waals surface area contributed by atoms with Gasteiger partial charge in [0.05, 0.1) is 6.54 Å². The number of amides is 3. The van der Waals surface area contributed by atoms with Crippen LogP contribution < -0.4 is 16.0 Å². The maximum absolute atomic E-state index is 12.0. The average Bonchev–Trinajstić information content (AvgIpc) is 2.62. The summed E-state index contributed by atoms with van der Waals surface area (Å²) in [7, 11) is 0. The summed E-state index contributed by atoms with van der Waals surface area (Å²) in [5.41, 5.74) is 1.12. The van der Waals surface area contributed by atoms with Crippen LogP contribution in [0.1, 0.15) is 23.7 Å². The number of hydrogen-bond donors (Lipinski definition) is 3. The van der Waals surface area contributed by atoms with Crippen LogP contribution in [-0.4, -0.2) is 30.3 Å². The molecular formula is C19H20ClN3O3. The van der Waals surface area contributed by atoms with Crippen molar-refractivity contribution in [1.29, 1.82) is 0 Å². The first-order valence-electron chi connectivity index (χ1n) is 8.12. The van der Waals surface area contributed by atoms with Crippen molar-refractivity contribution in [1.82, 2.24) is 10.6 Å². The van der Waals surface area contributed by atoms with E-state index in [1.165, 1.54) is 0 Å². The first kappa shape index (κ1) is 19.5. The van der Waals surface area contributed by atoms with Gasteiger partial charge in [-0.05, 0) is 43.3 Å². The lowest BCUT2D eigenvalue weighted by atomic mass is 10.1. The number of carbonyl (C=O) groups is 3. The van der Waals surface area contributed by atoms with Crippen molar-refractivity contribution in [3.8, 4) is 0 Å². The van der Waals surface area contributed by atoms with E-state index in [1.807, 2.05) is 6.07 Å². The SMILES string of the molecule is CC(CC(=O)NCC(=O)Nc1ccc(Cl)cc1)NC(=O)c1ccccc1. The largest absolute Gasteiger partial charge is 0.349 e. The predicted octanol–water partition coefficient (Wildman–Crippen LogP) is 2.60. The van der Waals surface area contributed by atoms with Crippen LogP contribution >= 0.6 is 11.6 Å². The molecule has 0 bridgehead atoms. The summed E-state index contributed by atoms with van der Waals surface area (Å²) in [6.07, 6.45) is 0.0762. The van der Waals surface area contributed by atoms with E-state index in [-0.39, 0.29) is 36.7 Å². The van der Waals surface area contributed by atoms with Gasteiger partial charge in [-0.1, -0.05) is 29.8 Å². The van der Waals surface area contributed by atoms with Crippen molar-refractivity contribution in [2.75, 3.05) is 11.9 Å². The number of halogens is 1. The van der Waals surface area contributed by atoms with E-state index in [1.54, 1.807) is 55.5 Å². The van der Waals surface area contributed by atoms with Gasteiger partial charge in [0.15, 0.2) is 0 Å². The number of carbonyl (C=O) groups excluding carboxylic acids is 3. The minimum atomic E-state index is -0.359. The molecule has 0 spiro atoms. The second kappa shape index (κ2) is 9.58. The van der Waals surface area contributed by atoms with Gasteiger partial charge < -0.3 is 16.0 Å². The molecular weight excluding hydrogens is 354 g/mol. The normalized spacial score (nSPS) is 11.3. The van der Waals surface area contributed by atoms with E-state index >= 15 is 0 Å². The molecule has 26 heavy (non-hydrogen) atoms. The van der Waals surface area contributed by atoms with E-state index in [9.17, 15) is 14.4 Å². The Labute approximate surface area is 156 Å². The molecule has 136 valence electrons. The van der Waals surface area contributed by atoms with Gasteiger partial charge in [-0.25, -0.2) is 0 Å². The number of hydrogen-bond acceptors (Lipinski definition) is 3. The first-order chi connectivity index (χ1) is 12.4. The molecule has 0 saturated carbocycles. The fourth-order valence-electron chi connectivity index (χ4n) is 2.22. The Morgan fingerprint density at radius 2 is 1.62 bits per heavy atom. The topological polar surface area (TPSA) is 87.3 Å². The van der Waals surface area contributed by atoms with Crippen LogP contribution in [0.2, 0.25) is 5.02 Å². The van der Waals surface area contributed by atoms with E-state index in [4.69, 9.17) is 11.6 Å². The maximum Gasteiger partial charge on any atom is 0.251 e. The molecule has 1 atom stereocenters. The molecule has 3 N–H and O–H groups in total. The molecule has 6 nitrogen and oxygen atoms in total. The average molecular weight is 374 g/mol. The van der Waals surface area contributed by atoms with Crippen LogP contribution in [0.4, 0.5) is 5.69 Å². The quantitative estimate of drug-likeness (QED) is 0.697. The van der Waals surface area contributed by atoms with Crippen molar-refractivity contribution in [3.63, 3.8) is 0 Å². The highest BCUT2D eigenvalue weighted by atomic mass is 35.5. The van der Waals surface area contributed by atoms with Gasteiger partial charge in [0.25, 0.3) is 5.91 Å². The predicted molar refractivity (Wildman–Crippen MR) is 101 cm³/mol. The molecule has 0 fully saturated rings. The van der Waals surface area contributed by atoms with Crippen molar-refractivity contribution in [2.45, 2.75) is 19.4 Å². The van der Waals surface area contributed by atoms with Crippen molar-refractivity contribution in [3.05, 3.63) is 65.2 Å². The van der Waals surface area contributed by atoms with Gasteiger partial charge in [-0.15, -0.1) is 0 Å². The van der Waals surface area contributed by atoms with Gasteiger partial charge in [-0.2, -0.15) is 0 Å². The third kappa shape index (κ3) is 6.57. The third-order valence-corrected chi connectivity index (χ3v) is 3.73. The van der Waals surface area contributed by atoms with Crippen LogP contribution in [-0.2, 0) is 9.59 Å². The van der Waals surface area contributed by atoms with Crippen LogP contribution in [0.15, 0.2) is 54.6 Å². The van der Waals surface area contributed by atoms with E-state index in [0.717, 1.165) is 0 Å². The highest BCUT2D eigenvalue weighted by molar-refractivity contribution is 6.30. The Morgan fingerprint density at radius 1 is 0.962 bits per heavy atom. The molecule has 0 aliphatic rings. The molecule has 1 unspecified atom stereocenters. The lowest BCUT2D eigenvalue weighted by Gasteiger charge is -2.14. The van der Waals surface area contributed by atoms with Crippen LogP contribution in [0.3, 0.4) is 0 Å². The molecule has 0 heterocycles. The molecule has 0 aliphatic carbocycles. The molecule has 2 aromatic rings. The van der Waals surface area contributed by atoms with E-state index < -0.39 is 0 Å². The molecule has 0 aliphatic heterocycles. The van der Waals surface area contributed by atoms with Gasteiger partial charge in [0, 0.05) is 28.7 Å². The fourth-order valence-corrected chi connectivity index (χ4v) is 2.34. The minimum absolute atomic E-state index is 0.0762. The maximum atomic E-state index is 12.0. The van der Waals surface area contributed by atoms with Crippen LogP contribution in [0, 0.1) is 0 Å². The zero-order valence-corrected chi connectivity index (χ0v) is 15.0. The summed E-state index contributed by atoms with van der Waals surface area (Å²) < 4.78 is 0. The molecule has 0 saturated heterocycles. The summed E-state index contributed by atoms with van der Waals surface area (Å²) in [6, 6.07) is 15.1. The molecule has 2 rings (SSSR count). The molecule has 3 amide bonds. The standard InChI is InChI=1S/C19H20ClN3O3/c1-13(22-19(26)14-5-3-2-4-6-14)11-17(24)21-12-18(25)23-16-9-7-15(20)8-10-16/h2-10,13H,11-12H2,1H3,(H,21,24)(H,22,26)(H,23,25). The Morgan fingerprint density at radius 3 is 2.27 bits per heavy atom. The zero-order valence-electron chi connectivity index (χ0n) is 14.3. The monoisotopic (exact) mass is 373 g/mol. The van der Waals surface area contributed by atoms with Crippen LogP contribution in [0.5, 0.6) is 0 Å². The summed E-state index contributed by atoms with van der Waals surface area (Å²) in [6.45, 7) is 1.58. The van der Waals surface area contributed by atoms with Crippen molar-refractivity contribution in [2.24, 2.45) is 0 Å². The fraction of sp³-hybridized carbons (Fsp3) is 0.211. The Bertz CT molecular complexity index is 763. The Balaban J connectivity index is 1.71. The number of rotatable bonds is 7. The molecule has 7 heteroatoms. The highest BCUT2D eigenvalue weighted by Crippen LogP contribution is 2.13.